The number of amides is 4. The molecule has 14 rings (SSSR count). The highest BCUT2D eigenvalue weighted by molar-refractivity contribution is 6.31. The van der Waals surface area contributed by atoms with E-state index in [0.717, 1.165) is 31.4 Å². The van der Waals surface area contributed by atoms with Gasteiger partial charge in [0.15, 0.2) is 10.9 Å². The van der Waals surface area contributed by atoms with Gasteiger partial charge in [-0.1, -0.05) is 98.9 Å². The van der Waals surface area contributed by atoms with Crippen LogP contribution in [0.25, 0.3) is 66.5 Å². The summed E-state index contributed by atoms with van der Waals surface area (Å²) in [5.74, 6) is -3.81. The van der Waals surface area contributed by atoms with Gasteiger partial charge in [0.25, 0.3) is 34.4 Å². The lowest BCUT2D eigenvalue weighted by Gasteiger charge is -2.45. The van der Waals surface area contributed by atoms with Crippen molar-refractivity contribution in [3.05, 3.63) is 247 Å². The maximum atomic E-state index is 13.5. The lowest BCUT2D eigenvalue weighted by molar-refractivity contribution is -0.155. The molecule has 2 saturated heterocycles. The number of benzene rings is 3. The highest BCUT2D eigenvalue weighted by Gasteiger charge is 2.38. The Morgan fingerprint density at radius 2 is 0.897 bits per heavy atom. The minimum Gasteiger partial charge on any atom is -0.495 e. The average Bonchev–Trinajstić information content (AvgIpc) is 1.05. The number of aromatic nitrogens is 12. The van der Waals surface area contributed by atoms with Crippen LogP contribution in [0.2, 0.25) is 15.1 Å². The van der Waals surface area contributed by atoms with Gasteiger partial charge >= 0.3 is 11.9 Å². The monoisotopic (exact) mass is 1660 g/mol. The van der Waals surface area contributed by atoms with Crippen molar-refractivity contribution in [2.45, 2.75) is 93.3 Å². The number of fused-ring (bicyclic) bond motifs is 3. The quantitative estimate of drug-likeness (QED) is 0.0371. The van der Waals surface area contributed by atoms with E-state index in [1.54, 1.807) is 166 Å². The molecule has 0 unspecified atom stereocenters. The number of carboxylic acid groups (broad SMARTS) is 1. The van der Waals surface area contributed by atoms with Crippen LogP contribution in [0.3, 0.4) is 0 Å². The maximum absolute atomic E-state index is 13.5. The minimum atomic E-state index is -1.30. The van der Waals surface area contributed by atoms with Gasteiger partial charge in [-0.15, -0.1) is 12.4 Å². The molecule has 3 aromatic carbocycles. The molecule has 2 aliphatic heterocycles. The van der Waals surface area contributed by atoms with E-state index < -0.39 is 70.5 Å². The Kier molecular flexibility index (Phi) is 26.8. The molecule has 31 nitrogen and oxygen atoms in total. The van der Waals surface area contributed by atoms with Crippen LogP contribution in [0, 0.1) is 10.8 Å². The molecule has 0 saturated carbocycles. The Hall–Kier alpha value is -12.3. The number of methoxy groups -OCH3 is 1. The number of aliphatic carboxylic acids is 1. The molecule has 0 atom stereocenters. The van der Waals surface area contributed by atoms with Crippen molar-refractivity contribution in [3.8, 4) is 39.1 Å². The molecule has 12 aromatic rings. The summed E-state index contributed by atoms with van der Waals surface area (Å²) in [6.07, 6.45) is 14.3. The van der Waals surface area contributed by atoms with Crippen LogP contribution in [0.4, 0.5) is 0 Å². The normalized spacial score (nSPS) is 13.1. The van der Waals surface area contributed by atoms with E-state index in [-0.39, 0.29) is 105 Å². The molecule has 0 spiro atoms. The van der Waals surface area contributed by atoms with Crippen LogP contribution in [0.5, 0.6) is 5.75 Å². The summed E-state index contributed by atoms with van der Waals surface area (Å²) in [6, 6.07) is 24.6. The van der Waals surface area contributed by atoms with Crippen LogP contribution in [-0.2, 0) is 79.5 Å². The number of nitrogens with zero attached hydrogens (tertiary/aromatic N) is 11. The third-order valence-electron chi connectivity index (χ3n) is 18.5. The van der Waals surface area contributed by atoms with Crippen molar-refractivity contribution >= 4 is 116 Å². The first-order chi connectivity index (χ1) is 54.4. The smallest absolute Gasteiger partial charge is 0.326 e. The van der Waals surface area contributed by atoms with E-state index in [2.05, 4.69) is 79.2 Å². The summed E-state index contributed by atoms with van der Waals surface area (Å²) < 4.78 is 19.1. The van der Waals surface area contributed by atoms with E-state index in [4.69, 9.17) is 44.3 Å². The summed E-state index contributed by atoms with van der Waals surface area (Å²) >= 11 is 17.7. The Bertz CT molecular complexity index is 6060. The molecular formula is C81H85Cl4N17O14. The molecule has 0 bridgehead atoms. The summed E-state index contributed by atoms with van der Waals surface area (Å²) in [4.78, 5) is 155. The minimum absolute atomic E-state index is 0. The zero-order chi connectivity index (χ0) is 83.1. The number of pyridine rings is 6. The van der Waals surface area contributed by atoms with Crippen molar-refractivity contribution in [2.75, 3.05) is 33.3 Å². The van der Waals surface area contributed by atoms with Crippen molar-refractivity contribution in [1.29, 1.82) is 0 Å². The number of carboxylic acids is 1. The number of hydrogen-bond donors (Lipinski definition) is 7. The lowest BCUT2D eigenvalue weighted by Crippen LogP contribution is -2.56. The first-order valence-electron chi connectivity index (χ1n) is 36.1. The number of aromatic amines is 2. The van der Waals surface area contributed by atoms with Crippen molar-refractivity contribution in [3.63, 3.8) is 0 Å². The molecule has 2 fully saturated rings. The van der Waals surface area contributed by atoms with E-state index in [9.17, 15) is 57.8 Å². The van der Waals surface area contributed by atoms with Crippen LogP contribution < -0.4 is 53.5 Å². The van der Waals surface area contributed by atoms with E-state index in [1.165, 1.54) is 66.2 Å². The Morgan fingerprint density at radius 1 is 0.526 bits per heavy atom. The fourth-order valence-electron chi connectivity index (χ4n) is 12.8. The van der Waals surface area contributed by atoms with Crippen LogP contribution in [0.1, 0.15) is 96.2 Å². The van der Waals surface area contributed by atoms with Gasteiger partial charge in [0.2, 0.25) is 5.91 Å². The molecule has 35 heteroatoms. The standard InChI is InChI=1S/C27H27ClN6O4.C27H28ClN5O5.C22H18ClN5O5.C5H11N.ClH/c1-27(2)14-33(15-27)22(35)13-34-24-19(23(36)21(11-29-24)17-10-31-32(3)12-17)8-20(26(34)38)25(37)30-9-16-4-6-18(28)7-5-16;1-27(2,3)38-22(34)15-33-24-19(23(37-5)21(13-29-24)17-12-31-32(4)14-17)10-20(26(33)36)25(35)30-11-16-6-8-18(28)9-7-16;1-27-10-13(8-26-27)17-9-24-20-15(19(17)31)6-16(22(33)28(20)11-18(29)30)21(32)25-7-12-2-4-14(23)5-3-12;1-5(2)3-6-4-5;/h4-8,10-12H,9,13-15H2,1-3H3,(H,29,36)(H,30,37);6-10,12-14H,11,15H2,1-5H3,(H,30,35);2-6,8-10H,7,11H2,1H3,(H,24,31)(H,25,32)(H,29,30);6H,3-4H2,1-2H3;1H. The first kappa shape index (κ1) is 86.1. The highest BCUT2D eigenvalue weighted by atomic mass is 35.5. The summed E-state index contributed by atoms with van der Waals surface area (Å²) in [5, 5.41) is 35.2. The number of esters is 1. The third kappa shape index (κ3) is 20.6. The number of likely N-dealkylation sites (tertiary alicyclic amines) is 1. The second-order valence-electron chi connectivity index (χ2n) is 30.2. The number of aryl methyl sites for hydroxylation is 3. The average molecular weight is 1660 g/mol. The van der Waals surface area contributed by atoms with E-state index >= 15 is 0 Å². The van der Waals surface area contributed by atoms with Crippen LogP contribution in [0.15, 0.2) is 171 Å². The molecule has 116 heavy (non-hydrogen) atoms. The molecule has 0 aliphatic carbocycles. The maximum Gasteiger partial charge on any atom is 0.326 e. The molecule has 4 amide bonds. The van der Waals surface area contributed by atoms with Gasteiger partial charge in [0.1, 0.15) is 64.6 Å². The van der Waals surface area contributed by atoms with Gasteiger partial charge in [-0.3, -0.25) is 80.5 Å². The van der Waals surface area contributed by atoms with E-state index in [0.29, 0.717) is 67.0 Å². The van der Waals surface area contributed by atoms with Crippen molar-refractivity contribution in [1.82, 2.24) is 84.2 Å². The predicted octanol–water partition coefficient (Wildman–Crippen LogP) is 9.07. The van der Waals surface area contributed by atoms with Crippen molar-refractivity contribution < 1.29 is 43.3 Å². The number of rotatable bonds is 19. The number of H-pyrrole nitrogens is 2. The number of carbonyl (C=O) groups is 6. The second-order valence-corrected chi connectivity index (χ2v) is 31.5. The zero-order valence-corrected chi connectivity index (χ0v) is 68.2. The fourth-order valence-corrected chi connectivity index (χ4v) is 13.1. The largest absolute Gasteiger partial charge is 0.495 e. The topological polar surface area (TPSA) is 391 Å². The van der Waals surface area contributed by atoms with Crippen LogP contribution >= 0.6 is 47.2 Å². The molecule has 7 N–H and O–H groups in total. The summed E-state index contributed by atoms with van der Waals surface area (Å²) in [7, 11) is 6.71. The fraction of sp³-hybridized carbons (Fsp3) is 0.296. The number of carbonyl (C=O) groups excluding carboxylic acids is 5. The molecule has 0 radical (unpaired) electrons. The third-order valence-corrected chi connectivity index (χ3v) is 19.3. The van der Waals surface area contributed by atoms with Gasteiger partial charge in [-0.25, -0.2) is 4.98 Å². The molecule has 606 valence electrons. The van der Waals surface area contributed by atoms with Crippen LogP contribution in [-0.4, -0.2) is 142 Å². The van der Waals surface area contributed by atoms with Crippen molar-refractivity contribution in [2.24, 2.45) is 32.0 Å². The number of nitrogens with one attached hydrogen (secondary N) is 6. The molecule has 2 aliphatic rings. The Morgan fingerprint density at radius 3 is 1.23 bits per heavy atom. The van der Waals surface area contributed by atoms with E-state index in [1.807, 2.05) is 0 Å². The highest BCUT2D eigenvalue weighted by Crippen LogP contribution is 2.36. The van der Waals surface area contributed by atoms with Gasteiger partial charge < -0.3 is 50.7 Å². The van der Waals surface area contributed by atoms with Gasteiger partial charge in [-0.05, 0) is 103 Å². The Labute approximate surface area is 683 Å². The van der Waals surface area contributed by atoms with Gasteiger partial charge in [-0.2, -0.15) is 15.3 Å². The predicted molar refractivity (Wildman–Crippen MR) is 442 cm³/mol. The van der Waals surface area contributed by atoms with Gasteiger partial charge in [0, 0.05) is 153 Å². The zero-order valence-electron chi connectivity index (χ0n) is 65.1. The molecular weight excluding hydrogens is 1580 g/mol. The molecule has 11 heterocycles. The summed E-state index contributed by atoms with van der Waals surface area (Å²) in [5.41, 5.74) is 1.87. The Balaban J connectivity index is 0.000000176. The SMILES string of the molecule is CC1(C)CNC1.COc1c(-c2cnn(C)c2)cnc2c1cc(C(=O)NCc1ccc(Cl)cc1)c(=O)n2CC(=O)OC(C)(C)C.Cl.Cn1cc(-c2c[nH]c3c(cc(C(=O)NCc4ccc(Cl)cc4)c(=O)n3CC(=O)N3CC(C)(C)C3)c2=O)cn1.Cn1cc(-c2c[nH]c3c(cc(C(=O)NCc4ccc(Cl)cc4)c(=O)n3CC(=O)O)c2=O)cn1. The number of ether oxygens (including phenoxy) is 2. The number of halogens is 4. The lowest BCUT2D eigenvalue weighted by atomic mass is 9.84. The summed E-state index contributed by atoms with van der Waals surface area (Å²) in [6.45, 7) is 16.4. The second kappa shape index (κ2) is 36.0. The van der Waals surface area contributed by atoms with Gasteiger partial charge in [0.05, 0.1) is 41.9 Å². The number of hydrogen-bond acceptors (Lipinski definition) is 18. The molecule has 9 aromatic heterocycles. The first-order valence-corrected chi connectivity index (χ1v) is 37.2.